The van der Waals surface area contributed by atoms with Crippen molar-refractivity contribution in [2.45, 2.75) is 47.2 Å². The monoisotopic (exact) mass is 419 g/mol. The Balaban J connectivity index is 1.60. The molecule has 2 aromatic carbocycles. The fourth-order valence-electron chi connectivity index (χ4n) is 3.51. The van der Waals surface area contributed by atoms with Gasteiger partial charge in [-0.25, -0.2) is 4.79 Å². The summed E-state index contributed by atoms with van der Waals surface area (Å²) in [5.74, 6) is -0.880. The molecule has 6 nitrogen and oxygen atoms in total. The highest BCUT2D eigenvalue weighted by Gasteiger charge is 2.21. The van der Waals surface area contributed by atoms with Crippen molar-refractivity contribution >= 4 is 11.9 Å². The minimum Gasteiger partial charge on any atom is -0.452 e. The van der Waals surface area contributed by atoms with Crippen LogP contribution in [-0.2, 0) is 16.1 Å². The van der Waals surface area contributed by atoms with Crippen LogP contribution in [0.3, 0.4) is 0 Å². The number of hydrogen-bond donors (Lipinski definition) is 1. The average molecular weight is 420 g/mol. The third-order valence-corrected chi connectivity index (χ3v) is 5.50. The molecule has 162 valence electrons. The van der Waals surface area contributed by atoms with Gasteiger partial charge >= 0.3 is 5.97 Å². The van der Waals surface area contributed by atoms with E-state index in [1.807, 2.05) is 70.2 Å². The second kappa shape index (κ2) is 9.60. The van der Waals surface area contributed by atoms with Crippen LogP contribution in [0.15, 0.2) is 48.5 Å². The molecule has 0 saturated carbocycles. The fourth-order valence-corrected chi connectivity index (χ4v) is 3.51. The summed E-state index contributed by atoms with van der Waals surface area (Å²) < 4.78 is 7.07. The van der Waals surface area contributed by atoms with Crippen LogP contribution in [0, 0.1) is 27.7 Å². The van der Waals surface area contributed by atoms with Crippen molar-refractivity contribution in [2.75, 3.05) is 6.61 Å². The Kier molecular flexibility index (Phi) is 6.90. The third-order valence-electron chi connectivity index (χ3n) is 5.50. The van der Waals surface area contributed by atoms with Crippen LogP contribution in [0.25, 0.3) is 0 Å². The lowest BCUT2D eigenvalue weighted by molar-refractivity contribution is -0.124. The zero-order valence-electron chi connectivity index (χ0n) is 18.7. The largest absolute Gasteiger partial charge is 0.452 e. The zero-order chi connectivity index (χ0) is 22.5. The number of ether oxygens (including phenoxy) is 1. The van der Waals surface area contributed by atoms with E-state index in [1.165, 1.54) is 11.1 Å². The van der Waals surface area contributed by atoms with Gasteiger partial charge in [-0.2, -0.15) is 5.10 Å². The molecule has 3 rings (SSSR count). The van der Waals surface area contributed by atoms with Crippen molar-refractivity contribution < 1.29 is 14.3 Å². The molecule has 0 aliphatic carbocycles. The summed E-state index contributed by atoms with van der Waals surface area (Å²) >= 11 is 0. The van der Waals surface area contributed by atoms with Gasteiger partial charge in [0.2, 0.25) is 0 Å². The first-order valence-corrected chi connectivity index (χ1v) is 10.4. The van der Waals surface area contributed by atoms with E-state index in [0.29, 0.717) is 17.8 Å². The molecule has 0 aliphatic rings. The fraction of sp³-hybridized carbons (Fsp3) is 0.320. The molecule has 1 unspecified atom stereocenters. The average Bonchev–Trinajstić information content (AvgIpc) is 3.02. The summed E-state index contributed by atoms with van der Waals surface area (Å²) in [4.78, 5) is 25.0. The normalized spacial score (nSPS) is 11.8. The molecular formula is C25H29N3O3. The van der Waals surface area contributed by atoms with Crippen molar-refractivity contribution in [1.82, 2.24) is 15.1 Å². The Bertz CT molecular complexity index is 1090. The molecule has 1 N–H and O–H groups in total. The number of amides is 1. The minimum atomic E-state index is -0.539. The Labute approximate surface area is 183 Å². The van der Waals surface area contributed by atoms with E-state index in [-0.39, 0.29) is 18.6 Å². The summed E-state index contributed by atoms with van der Waals surface area (Å²) in [5.41, 5.74) is 6.19. The highest BCUT2D eigenvalue weighted by molar-refractivity contribution is 5.93. The number of carbonyl (C=O) groups is 2. The van der Waals surface area contributed by atoms with E-state index >= 15 is 0 Å². The van der Waals surface area contributed by atoms with E-state index in [2.05, 4.69) is 16.5 Å². The molecule has 0 spiro atoms. The molecule has 3 aromatic rings. The van der Waals surface area contributed by atoms with Gasteiger partial charge in [-0.1, -0.05) is 48.5 Å². The molecule has 31 heavy (non-hydrogen) atoms. The van der Waals surface area contributed by atoms with Crippen LogP contribution >= 0.6 is 0 Å². The summed E-state index contributed by atoms with van der Waals surface area (Å²) in [5, 5.41) is 7.35. The SMILES string of the molecule is Cc1ccc(C(C)NC(=O)COC(=O)c2c(C)nn(Cc3ccccc3)c2C)cc1C. The van der Waals surface area contributed by atoms with Gasteiger partial charge in [-0.3, -0.25) is 9.48 Å². The van der Waals surface area contributed by atoms with Crippen LogP contribution in [-0.4, -0.2) is 28.3 Å². The second-order valence-electron chi connectivity index (χ2n) is 7.90. The van der Waals surface area contributed by atoms with Crippen molar-refractivity contribution in [3.8, 4) is 0 Å². The summed E-state index contributed by atoms with van der Waals surface area (Å²) in [6, 6.07) is 15.8. The number of hydrogen-bond acceptors (Lipinski definition) is 4. The van der Waals surface area contributed by atoms with E-state index in [0.717, 1.165) is 16.8 Å². The van der Waals surface area contributed by atoms with E-state index in [9.17, 15) is 9.59 Å². The van der Waals surface area contributed by atoms with Crippen LogP contribution in [0.1, 0.15) is 57.0 Å². The molecule has 0 aliphatic heterocycles. The highest BCUT2D eigenvalue weighted by atomic mass is 16.5. The molecule has 1 atom stereocenters. The van der Waals surface area contributed by atoms with Gasteiger partial charge in [-0.05, 0) is 56.9 Å². The third kappa shape index (κ3) is 5.40. The molecule has 1 heterocycles. The van der Waals surface area contributed by atoms with Crippen LogP contribution < -0.4 is 5.32 Å². The van der Waals surface area contributed by atoms with Gasteiger partial charge in [0.05, 0.1) is 24.0 Å². The van der Waals surface area contributed by atoms with Gasteiger partial charge in [0.15, 0.2) is 6.61 Å². The predicted octanol–water partition coefficient (Wildman–Crippen LogP) is 4.20. The van der Waals surface area contributed by atoms with Gasteiger partial charge in [0.1, 0.15) is 5.56 Å². The number of nitrogens with one attached hydrogen (secondary N) is 1. The lowest BCUT2D eigenvalue weighted by Crippen LogP contribution is -2.31. The second-order valence-corrected chi connectivity index (χ2v) is 7.90. The van der Waals surface area contributed by atoms with Crippen molar-refractivity contribution in [1.29, 1.82) is 0 Å². The first-order valence-electron chi connectivity index (χ1n) is 10.4. The molecule has 0 saturated heterocycles. The first kappa shape index (κ1) is 22.3. The van der Waals surface area contributed by atoms with Crippen LogP contribution in [0.2, 0.25) is 0 Å². The molecule has 0 radical (unpaired) electrons. The number of nitrogens with zero attached hydrogens (tertiary/aromatic N) is 2. The zero-order valence-corrected chi connectivity index (χ0v) is 18.7. The first-order chi connectivity index (χ1) is 14.8. The maximum absolute atomic E-state index is 12.6. The minimum absolute atomic E-state index is 0.178. The number of benzene rings is 2. The smallest absolute Gasteiger partial charge is 0.342 e. The Morgan fingerprint density at radius 2 is 1.74 bits per heavy atom. The molecular weight excluding hydrogens is 390 g/mol. The summed E-state index contributed by atoms with van der Waals surface area (Å²) in [6.07, 6.45) is 0. The van der Waals surface area contributed by atoms with Gasteiger partial charge in [0.25, 0.3) is 5.91 Å². The van der Waals surface area contributed by atoms with Crippen molar-refractivity contribution in [3.63, 3.8) is 0 Å². The van der Waals surface area contributed by atoms with Gasteiger partial charge in [-0.15, -0.1) is 0 Å². The number of carbonyl (C=O) groups excluding carboxylic acids is 2. The Hall–Kier alpha value is -3.41. The van der Waals surface area contributed by atoms with E-state index < -0.39 is 5.97 Å². The molecule has 6 heteroatoms. The van der Waals surface area contributed by atoms with Gasteiger partial charge < -0.3 is 10.1 Å². The molecule has 0 bridgehead atoms. The Morgan fingerprint density at radius 3 is 2.42 bits per heavy atom. The number of esters is 1. The van der Waals surface area contributed by atoms with Crippen LogP contribution in [0.5, 0.6) is 0 Å². The number of aromatic nitrogens is 2. The lowest BCUT2D eigenvalue weighted by atomic mass is 10.0. The Morgan fingerprint density at radius 1 is 1.03 bits per heavy atom. The van der Waals surface area contributed by atoms with Crippen LogP contribution in [0.4, 0.5) is 0 Å². The lowest BCUT2D eigenvalue weighted by Gasteiger charge is -2.16. The molecule has 0 fully saturated rings. The predicted molar refractivity (Wildman–Crippen MR) is 120 cm³/mol. The summed E-state index contributed by atoms with van der Waals surface area (Å²) in [6.45, 7) is 9.83. The number of aryl methyl sites for hydroxylation is 3. The van der Waals surface area contributed by atoms with Crippen molar-refractivity contribution in [2.24, 2.45) is 0 Å². The highest BCUT2D eigenvalue weighted by Crippen LogP contribution is 2.18. The topological polar surface area (TPSA) is 73.2 Å². The number of rotatable bonds is 7. The van der Waals surface area contributed by atoms with E-state index in [4.69, 9.17) is 4.74 Å². The van der Waals surface area contributed by atoms with Crippen molar-refractivity contribution in [3.05, 3.63) is 87.7 Å². The molecule has 1 aromatic heterocycles. The maximum Gasteiger partial charge on any atom is 0.342 e. The summed E-state index contributed by atoms with van der Waals surface area (Å²) in [7, 11) is 0. The molecule has 1 amide bonds. The quantitative estimate of drug-likeness (QED) is 0.583. The van der Waals surface area contributed by atoms with Gasteiger partial charge in [0, 0.05) is 0 Å². The maximum atomic E-state index is 12.6. The standard InChI is InChI=1S/C25H29N3O3/c1-16-11-12-22(13-17(16)2)18(3)26-23(29)15-31-25(30)24-19(4)27-28(20(24)5)14-21-9-7-6-8-10-21/h6-13,18H,14-15H2,1-5H3,(H,26,29). The van der Waals surface area contributed by atoms with E-state index in [1.54, 1.807) is 11.6 Å².